The van der Waals surface area contributed by atoms with Gasteiger partial charge in [0.05, 0.1) is 13.5 Å². The lowest BCUT2D eigenvalue weighted by atomic mass is 10.2. The number of halogens is 2. The Morgan fingerprint density at radius 1 is 0.875 bits per heavy atom. The molecule has 18 heteroatoms. The summed E-state index contributed by atoms with van der Waals surface area (Å²) in [6.07, 6.45) is -5.49. The number of nitrogens with zero attached hydrogens (tertiary/aromatic N) is 6. The summed E-state index contributed by atoms with van der Waals surface area (Å²) in [6.45, 7) is -1.70. The van der Waals surface area contributed by atoms with Crippen molar-refractivity contribution in [3.8, 4) is 0 Å². The number of hydrogen-bond acceptors (Lipinski definition) is 11. The summed E-state index contributed by atoms with van der Waals surface area (Å²) in [4.78, 5) is 43.3. The lowest BCUT2D eigenvalue weighted by Gasteiger charge is -2.21. The summed E-state index contributed by atoms with van der Waals surface area (Å²) in [6, 6.07) is 0. The first kappa shape index (κ1) is 20.8. The summed E-state index contributed by atoms with van der Waals surface area (Å²) in [5, 5.41) is 51.5. The number of hydrogen-bond donors (Lipinski definition) is 0. The molecule has 1 atom stereocenters. The van der Waals surface area contributed by atoms with E-state index in [1.807, 2.05) is 0 Å². The van der Waals surface area contributed by atoms with E-state index in [0.717, 1.165) is 0 Å². The molecule has 1 unspecified atom stereocenters. The number of nitro groups is 5. The van der Waals surface area contributed by atoms with Gasteiger partial charge in [-0.2, -0.15) is 0 Å². The maximum absolute atomic E-state index is 13.7. The summed E-state index contributed by atoms with van der Waals surface area (Å²) in [5.41, 5.74) is -3.75. The van der Waals surface area contributed by atoms with Gasteiger partial charge in [0.2, 0.25) is 0 Å². The van der Waals surface area contributed by atoms with E-state index in [1.54, 1.807) is 0 Å². The summed E-state index contributed by atoms with van der Waals surface area (Å²) >= 11 is 0. The molecule has 0 saturated heterocycles. The fourth-order valence-corrected chi connectivity index (χ4v) is 1.35. The third kappa shape index (κ3) is 3.26. The first-order valence-electron chi connectivity index (χ1n) is 5.55. The Bertz CT molecular complexity index is 534. The summed E-state index contributed by atoms with van der Waals surface area (Å²) in [7, 11) is 0. The third-order valence-electron chi connectivity index (χ3n) is 2.97. The van der Waals surface area contributed by atoms with Crippen LogP contribution in [0, 0.1) is 50.6 Å². The van der Waals surface area contributed by atoms with Crippen LogP contribution in [0.25, 0.3) is 0 Å². The normalized spacial score (nSPS) is 13.3. The maximum atomic E-state index is 13.7. The molecule has 0 fully saturated rings. The zero-order valence-corrected chi connectivity index (χ0v) is 11.5. The first-order valence-corrected chi connectivity index (χ1v) is 5.55. The Labute approximate surface area is 128 Å². The van der Waals surface area contributed by atoms with Gasteiger partial charge >= 0.3 is 17.7 Å². The average Bonchev–Trinajstić information content (AvgIpc) is 2.44. The topological polar surface area (TPSA) is 219 Å². The molecule has 0 rings (SSSR count). The van der Waals surface area contributed by atoms with E-state index in [2.05, 4.69) is 0 Å². The van der Waals surface area contributed by atoms with Gasteiger partial charge in [-0.3, -0.25) is 50.6 Å². The van der Waals surface area contributed by atoms with Crippen LogP contribution in [-0.2, 0) is 0 Å². The Hall–Kier alpha value is -3.18. The molecular weight excluding hydrogens is 354 g/mol. The van der Waals surface area contributed by atoms with Gasteiger partial charge in [0.25, 0.3) is 0 Å². The molecule has 0 heterocycles. The maximum Gasteiger partial charge on any atom is 0.701 e. The molecule has 0 aromatic carbocycles. The van der Waals surface area contributed by atoms with Crippen molar-refractivity contribution in [1.82, 2.24) is 5.12 Å². The molecule has 0 spiro atoms. The van der Waals surface area contributed by atoms with Gasteiger partial charge in [0, 0.05) is 0 Å². The van der Waals surface area contributed by atoms with E-state index in [4.69, 9.17) is 0 Å². The lowest BCUT2D eigenvalue weighted by molar-refractivity contribution is -0.970. The van der Waals surface area contributed by atoms with Gasteiger partial charge < -0.3 is 0 Å². The monoisotopic (exact) mass is 362 g/mol. The van der Waals surface area contributed by atoms with E-state index in [0.29, 0.717) is 0 Å². The van der Waals surface area contributed by atoms with Gasteiger partial charge in [-0.1, -0.05) is 5.12 Å². The minimum Gasteiger partial charge on any atom is -0.258 e. The zero-order valence-electron chi connectivity index (χ0n) is 11.5. The molecule has 0 saturated carbocycles. The van der Waals surface area contributed by atoms with Crippen molar-refractivity contribution in [2.24, 2.45) is 0 Å². The Morgan fingerprint density at radius 3 is 1.46 bits per heavy atom. The molecule has 0 aliphatic carbocycles. The average molecular weight is 362 g/mol. The van der Waals surface area contributed by atoms with Crippen molar-refractivity contribution < 1.29 is 33.5 Å². The van der Waals surface area contributed by atoms with Crippen molar-refractivity contribution in [3.05, 3.63) is 50.6 Å². The van der Waals surface area contributed by atoms with E-state index in [9.17, 15) is 59.4 Å². The van der Waals surface area contributed by atoms with Gasteiger partial charge in [-0.25, -0.2) is 4.39 Å². The molecule has 0 amide bonds. The second-order valence-electron chi connectivity index (χ2n) is 4.36. The van der Waals surface area contributed by atoms with Gasteiger partial charge in [-0.15, -0.1) is 4.48 Å². The number of rotatable bonds is 10. The Morgan fingerprint density at radius 2 is 1.21 bits per heavy atom. The van der Waals surface area contributed by atoms with Crippen molar-refractivity contribution in [1.29, 1.82) is 0 Å². The standard InChI is InChI=1S/C6H8F2N6O10/c1-5(10(15)16,11(17)18)4(7)9(8)3-2-6(12(19)20,13(21)22)14(23)24/h4H,2-3H2,1H3. The van der Waals surface area contributed by atoms with Gasteiger partial charge in [0.1, 0.15) is 9.85 Å². The highest BCUT2D eigenvalue weighted by atomic mass is 19.2. The van der Waals surface area contributed by atoms with Crippen LogP contribution >= 0.6 is 0 Å². The molecule has 0 N–H and O–H groups in total. The summed E-state index contributed by atoms with van der Waals surface area (Å²) in [5.74, 6) is -4.15. The molecule has 0 aliphatic heterocycles. The largest absolute Gasteiger partial charge is 0.701 e. The van der Waals surface area contributed by atoms with Crippen molar-refractivity contribution in [2.45, 2.75) is 31.1 Å². The molecule has 0 aromatic heterocycles. The fraction of sp³-hybridized carbons (Fsp3) is 1.00. The van der Waals surface area contributed by atoms with Crippen molar-refractivity contribution in [2.75, 3.05) is 6.54 Å². The van der Waals surface area contributed by atoms with Crippen LogP contribution in [0.4, 0.5) is 8.87 Å². The van der Waals surface area contributed by atoms with E-state index >= 15 is 0 Å². The third-order valence-corrected chi connectivity index (χ3v) is 2.97. The minimum atomic E-state index is -4.15. The highest BCUT2D eigenvalue weighted by molar-refractivity contribution is 4.71. The van der Waals surface area contributed by atoms with Crippen LogP contribution in [0.15, 0.2) is 0 Å². The molecule has 0 aromatic rings. The molecule has 0 aliphatic rings. The van der Waals surface area contributed by atoms with Crippen LogP contribution in [0.1, 0.15) is 13.3 Å². The molecule has 0 radical (unpaired) electrons. The molecule has 136 valence electrons. The van der Waals surface area contributed by atoms with Crippen LogP contribution in [-0.4, -0.2) is 54.0 Å². The second kappa shape index (κ2) is 6.93. The molecule has 24 heavy (non-hydrogen) atoms. The van der Waals surface area contributed by atoms with Crippen LogP contribution in [0.2, 0.25) is 0 Å². The minimum absolute atomic E-state index is 0.0754. The quantitative estimate of drug-likeness (QED) is 0.160. The predicted octanol–water partition coefficient (Wildman–Crippen LogP) is -0.388. The molecule has 0 bridgehead atoms. The van der Waals surface area contributed by atoms with E-state index < -0.39 is 60.4 Å². The highest BCUT2D eigenvalue weighted by Crippen LogP contribution is 2.25. The predicted molar refractivity (Wildman–Crippen MR) is 63.4 cm³/mol. The van der Waals surface area contributed by atoms with E-state index in [-0.39, 0.29) is 6.92 Å². The highest BCUT2D eigenvalue weighted by Gasteiger charge is 2.71. The Kier molecular flexibility index (Phi) is 6.01. The van der Waals surface area contributed by atoms with Gasteiger partial charge in [-0.05, 0) is 0 Å². The first-order chi connectivity index (χ1) is 10.8. The van der Waals surface area contributed by atoms with Crippen LogP contribution in [0.3, 0.4) is 0 Å². The SMILES string of the molecule is CC(C(F)N(F)CCC([N+](=O)[O-])([N+](=O)[O-])[N+](=O)[O-])([N+](=O)[O-])[N+](=O)[O-]. The lowest BCUT2D eigenvalue weighted by Crippen LogP contribution is -2.58. The van der Waals surface area contributed by atoms with Crippen LogP contribution < -0.4 is 0 Å². The van der Waals surface area contributed by atoms with Crippen LogP contribution in [0.5, 0.6) is 0 Å². The van der Waals surface area contributed by atoms with Crippen molar-refractivity contribution in [3.63, 3.8) is 0 Å². The second-order valence-corrected chi connectivity index (χ2v) is 4.36. The number of alkyl halides is 1. The Balaban J connectivity index is 5.51. The summed E-state index contributed by atoms with van der Waals surface area (Å²) < 4.78 is 27.2. The smallest absolute Gasteiger partial charge is 0.258 e. The molecule has 16 nitrogen and oxygen atoms in total. The van der Waals surface area contributed by atoms with E-state index in [1.165, 1.54) is 0 Å². The fourth-order valence-electron chi connectivity index (χ4n) is 1.35. The van der Waals surface area contributed by atoms with Crippen molar-refractivity contribution >= 4 is 0 Å². The zero-order chi connectivity index (χ0) is 19.5. The van der Waals surface area contributed by atoms with Gasteiger partial charge in [0.15, 0.2) is 21.2 Å². The molecular formula is C6H8F2N6O10.